The first-order chi connectivity index (χ1) is 9.90. The van der Waals surface area contributed by atoms with Crippen molar-refractivity contribution < 1.29 is 4.79 Å². The Morgan fingerprint density at radius 2 is 1.57 bits per heavy atom. The van der Waals surface area contributed by atoms with E-state index < -0.39 is 0 Å². The quantitative estimate of drug-likeness (QED) is 0.767. The molecular weight excluding hydrogens is 326 g/mol. The molecule has 2 rings (SSSR count). The van der Waals surface area contributed by atoms with Gasteiger partial charge in [0.1, 0.15) is 0 Å². The summed E-state index contributed by atoms with van der Waals surface area (Å²) in [6.45, 7) is 6.52. The monoisotopic (exact) mass is 345 g/mol. The molecule has 0 fully saturated rings. The molecule has 1 amide bonds. The molecule has 0 saturated carbocycles. The fraction of sp³-hybridized carbons (Fsp3) is 0.278. The van der Waals surface area contributed by atoms with Crippen molar-refractivity contribution >= 4 is 27.5 Å². The van der Waals surface area contributed by atoms with E-state index in [9.17, 15) is 4.79 Å². The number of nitrogens with one attached hydrogen (secondary N) is 1. The van der Waals surface area contributed by atoms with E-state index in [1.165, 1.54) is 5.56 Å². The van der Waals surface area contributed by atoms with Crippen molar-refractivity contribution in [2.24, 2.45) is 0 Å². The maximum absolute atomic E-state index is 12.2. The zero-order chi connectivity index (χ0) is 15.5. The molecule has 0 unspecified atom stereocenters. The number of benzene rings is 2. The van der Waals surface area contributed by atoms with E-state index in [0.717, 1.165) is 16.6 Å². The molecule has 0 radical (unpaired) electrons. The van der Waals surface area contributed by atoms with Crippen LogP contribution in [0.25, 0.3) is 0 Å². The summed E-state index contributed by atoms with van der Waals surface area (Å²) in [5.41, 5.74) is 4.01. The highest BCUT2D eigenvalue weighted by Crippen LogP contribution is 2.23. The molecule has 0 aliphatic rings. The second-order valence-electron chi connectivity index (χ2n) is 6.11. The number of hydrogen-bond acceptors (Lipinski definition) is 1. The van der Waals surface area contributed by atoms with Gasteiger partial charge in [-0.3, -0.25) is 4.79 Å². The summed E-state index contributed by atoms with van der Waals surface area (Å²) in [5.74, 6) is -0.0837. The first-order valence-electron chi connectivity index (χ1n) is 6.97. The van der Waals surface area contributed by atoms with Crippen molar-refractivity contribution in [3.63, 3.8) is 0 Å². The number of carbonyl (C=O) groups excluding carboxylic acids is 1. The van der Waals surface area contributed by atoms with Crippen LogP contribution in [0.1, 0.15) is 42.3 Å². The molecule has 2 aromatic carbocycles. The molecule has 0 heterocycles. The third-order valence-corrected chi connectivity index (χ3v) is 4.03. The smallest absolute Gasteiger partial charge is 0.255 e. The van der Waals surface area contributed by atoms with Crippen molar-refractivity contribution in [1.82, 2.24) is 0 Å². The zero-order valence-electron chi connectivity index (χ0n) is 12.6. The average Bonchev–Trinajstić information content (AvgIpc) is 2.47. The van der Waals surface area contributed by atoms with Crippen molar-refractivity contribution in [2.75, 3.05) is 5.32 Å². The van der Waals surface area contributed by atoms with Crippen molar-refractivity contribution in [3.8, 4) is 0 Å². The molecule has 1 N–H and O–H groups in total. The van der Waals surface area contributed by atoms with Gasteiger partial charge in [-0.05, 0) is 40.8 Å². The number of amides is 1. The summed E-state index contributed by atoms with van der Waals surface area (Å²) >= 11 is 3.39. The van der Waals surface area contributed by atoms with Gasteiger partial charge in [0.05, 0.1) is 0 Å². The number of halogens is 1. The van der Waals surface area contributed by atoms with Crippen LogP contribution < -0.4 is 5.32 Å². The van der Waals surface area contributed by atoms with E-state index >= 15 is 0 Å². The Morgan fingerprint density at radius 3 is 2.05 bits per heavy atom. The highest BCUT2D eigenvalue weighted by atomic mass is 79.9. The highest BCUT2D eigenvalue weighted by molar-refractivity contribution is 9.08. The number of hydrogen-bond donors (Lipinski definition) is 1. The highest BCUT2D eigenvalue weighted by Gasteiger charge is 2.13. The minimum Gasteiger partial charge on any atom is -0.322 e. The Hall–Kier alpha value is -1.61. The normalized spacial score (nSPS) is 11.2. The Kier molecular flexibility index (Phi) is 4.84. The summed E-state index contributed by atoms with van der Waals surface area (Å²) in [7, 11) is 0. The Morgan fingerprint density at radius 1 is 1.00 bits per heavy atom. The van der Waals surface area contributed by atoms with Crippen molar-refractivity contribution in [3.05, 3.63) is 65.2 Å². The summed E-state index contributed by atoms with van der Waals surface area (Å²) in [5, 5.41) is 3.72. The van der Waals surface area contributed by atoms with Crippen molar-refractivity contribution in [1.29, 1.82) is 0 Å². The SMILES string of the molecule is CC(C)(C)c1ccc(NC(=O)c2ccc(CBr)cc2)cc1. The molecule has 0 aromatic heterocycles. The molecule has 110 valence electrons. The summed E-state index contributed by atoms with van der Waals surface area (Å²) in [4.78, 5) is 12.2. The van der Waals surface area contributed by atoms with Crippen LogP contribution in [-0.4, -0.2) is 5.91 Å². The van der Waals surface area contributed by atoms with Gasteiger partial charge in [0.25, 0.3) is 5.91 Å². The fourth-order valence-electron chi connectivity index (χ4n) is 2.00. The van der Waals surface area contributed by atoms with Gasteiger partial charge in [0, 0.05) is 16.6 Å². The zero-order valence-corrected chi connectivity index (χ0v) is 14.2. The molecule has 0 atom stereocenters. The van der Waals surface area contributed by atoms with Gasteiger partial charge in [-0.2, -0.15) is 0 Å². The predicted molar refractivity (Wildman–Crippen MR) is 92.2 cm³/mol. The molecule has 0 spiro atoms. The van der Waals surface area contributed by atoms with Crippen LogP contribution in [0.4, 0.5) is 5.69 Å². The van der Waals surface area contributed by atoms with Gasteiger partial charge in [0.15, 0.2) is 0 Å². The van der Waals surface area contributed by atoms with Crippen LogP contribution in [0.3, 0.4) is 0 Å². The van der Waals surface area contributed by atoms with Crippen LogP contribution in [0.2, 0.25) is 0 Å². The molecule has 2 nitrogen and oxygen atoms in total. The van der Waals surface area contributed by atoms with Crippen LogP contribution in [0.15, 0.2) is 48.5 Å². The van der Waals surface area contributed by atoms with Crippen LogP contribution >= 0.6 is 15.9 Å². The van der Waals surface area contributed by atoms with E-state index in [1.54, 1.807) is 0 Å². The third-order valence-electron chi connectivity index (χ3n) is 3.38. The van der Waals surface area contributed by atoms with Crippen LogP contribution in [-0.2, 0) is 10.7 Å². The van der Waals surface area contributed by atoms with E-state index in [4.69, 9.17) is 0 Å². The maximum Gasteiger partial charge on any atom is 0.255 e. The molecular formula is C18H20BrNO. The Balaban J connectivity index is 2.08. The summed E-state index contributed by atoms with van der Waals surface area (Å²) < 4.78 is 0. The molecule has 3 heteroatoms. The average molecular weight is 346 g/mol. The molecule has 21 heavy (non-hydrogen) atoms. The van der Waals surface area contributed by atoms with Gasteiger partial charge in [-0.25, -0.2) is 0 Å². The van der Waals surface area contributed by atoms with Gasteiger partial charge >= 0.3 is 0 Å². The number of alkyl halides is 1. The number of carbonyl (C=O) groups is 1. The van der Waals surface area contributed by atoms with Crippen molar-refractivity contribution in [2.45, 2.75) is 31.5 Å². The topological polar surface area (TPSA) is 29.1 Å². The van der Waals surface area contributed by atoms with E-state index in [0.29, 0.717) is 5.56 Å². The van der Waals surface area contributed by atoms with Crippen LogP contribution in [0.5, 0.6) is 0 Å². The fourth-order valence-corrected chi connectivity index (χ4v) is 2.38. The lowest BCUT2D eigenvalue weighted by Gasteiger charge is -2.19. The third kappa shape index (κ3) is 4.18. The Labute approximate surface area is 134 Å². The van der Waals surface area contributed by atoms with Gasteiger partial charge in [-0.1, -0.05) is 61.0 Å². The lowest BCUT2D eigenvalue weighted by Crippen LogP contribution is -2.13. The Bertz CT molecular complexity index is 609. The molecule has 0 aliphatic carbocycles. The lowest BCUT2D eigenvalue weighted by atomic mass is 9.87. The van der Waals surface area contributed by atoms with E-state index in [1.807, 2.05) is 36.4 Å². The second-order valence-corrected chi connectivity index (χ2v) is 6.67. The minimum atomic E-state index is -0.0837. The summed E-state index contributed by atoms with van der Waals surface area (Å²) in [6.07, 6.45) is 0. The van der Waals surface area contributed by atoms with E-state index in [-0.39, 0.29) is 11.3 Å². The lowest BCUT2D eigenvalue weighted by molar-refractivity contribution is 0.102. The number of anilines is 1. The second kappa shape index (κ2) is 6.44. The van der Waals surface area contributed by atoms with Gasteiger partial charge < -0.3 is 5.32 Å². The maximum atomic E-state index is 12.2. The first kappa shape index (κ1) is 15.8. The molecule has 0 aliphatic heterocycles. The van der Waals surface area contributed by atoms with E-state index in [2.05, 4.69) is 54.2 Å². The van der Waals surface area contributed by atoms with Gasteiger partial charge in [-0.15, -0.1) is 0 Å². The largest absolute Gasteiger partial charge is 0.322 e. The van der Waals surface area contributed by atoms with Crippen LogP contribution in [0, 0.1) is 0 Å². The standard InChI is InChI=1S/C18H20BrNO/c1-18(2,3)15-8-10-16(11-9-15)20-17(21)14-6-4-13(12-19)5-7-14/h4-11H,12H2,1-3H3,(H,20,21). The molecule has 0 saturated heterocycles. The predicted octanol–water partition coefficient (Wildman–Crippen LogP) is 5.13. The van der Waals surface area contributed by atoms with Gasteiger partial charge in [0.2, 0.25) is 0 Å². The molecule has 2 aromatic rings. The minimum absolute atomic E-state index is 0.0837. The molecule has 0 bridgehead atoms. The number of rotatable bonds is 3. The first-order valence-corrected chi connectivity index (χ1v) is 8.09. The summed E-state index contributed by atoms with van der Waals surface area (Å²) in [6, 6.07) is 15.6.